The molecule has 1 unspecified atom stereocenters. The van der Waals surface area contributed by atoms with Crippen LogP contribution in [0.25, 0.3) is 0 Å². The van der Waals surface area contributed by atoms with Crippen molar-refractivity contribution in [1.82, 2.24) is 0 Å². The predicted molar refractivity (Wildman–Crippen MR) is 80.6 cm³/mol. The highest BCUT2D eigenvalue weighted by atomic mass is 16.6. The zero-order valence-corrected chi connectivity index (χ0v) is 13.8. The summed E-state index contributed by atoms with van der Waals surface area (Å²) in [6, 6.07) is 0. The first-order chi connectivity index (χ1) is 10.6. The van der Waals surface area contributed by atoms with Crippen LogP contribution in [0.1, 0.15) is 6.42 Å². The SMILES string of the molecule is C=CCC(COC)[C@@H](OC)[C@H](OC)[C@@H](OC)C(=O)OCCO. The third kappa shape index (κ3) is 6.41. The molecule has 7 heteroatoms. The highest BCUT2D eigenvalue weighted by Gasteiger charge is 2.39. The van der Waals surface area contributed by atoms with Gasteiger partial charge < -0.3 is 28.8 Å². The number of carbonyl (C=O) groups is 1. The average Bonchev–Trinajstić information content (AvgIpc) is 2.52. The van der Waals surface area contributed by atoms with Gasteiger partial charge in [0.15, 0.2) is 6.10 Å². The minimum absolute atomic E-state index is 0.0549. The fourth-order valence-electron chi connectivity index (χ4n) is 2.34. The summed E-state index contributed by atoms with van der Waals surface area (Å²) < 4.78 is 26.3. The molecular weight excluding hydrogens is 292 g/mol. The van der Waals surface area contributed by atoms with Crippen LogP contribution in [-0.4, -0.2) is 77.6 Å². The molecule has 22 heavy (non-hydrogen) atoms. The largest absolute Gasteiger partial charge is 0.461 e. The molecule has 0 aromatic carbocycles. The quantitative estimate of drug-likeness (QED) is 0.388. The molecule has 0 spiro atoms. The van der Waals surface area contributed by atoms with Gasteiger partial charge in [-0.15, -0.1) is 6.58 Å². The van der Waals surface area contributed by atoms with E-state index in [4.69, 9.17) is 28.8 Å². The van der Waals surface area contributed by atoms with E-state index in [2.05, 4.69) is 6.58 Å². The molecule has 0 amide bonds. The van der Waals surface area contributed by atoms with E-state index in [1.54, 1.807) is 13.2 Å². The first-order valence-electron chi connectivity index (χ1n) is 7.06. The molecule has 0 aliphatic carbocycles. The molecular formula is C15H28O7. The van der Waals surface area contributed by atoms with E-state index in [9.17, 15) is 4.79 Å². The minimum atomic E-state index is -0.967. The summed E-state index contributed by atoms with van der Waals surface area (Å²) in [7, 11) is 5.99. The molecule has 0 rings (SSSR count). The molecule has 4 atom stereocenters. The molecule has 7 nitrogen and oxygen atoms in total. The normalized spacial score (nSPS) is 16.6. The third-order valence-corrected chi connectivity index (χ3v) is 3.30. The van der Waals surface area contributed by atoms with E-state index in [0.717, 1.165) is 0 Å². The third-order valence-electron chi connectivity index (χ3n) is 3.30. The van der Waals surface area contributed by atoms with Gasteiger partial charge in [0.2, 0.25) is 0 Å². The molecule has 130 valence electrons. The molecule has 0 saturated heterocycles. The number of aliphatic hydroxyl groups is 1. The number of methoxy groups -OCH3 is 4. The summed E-state index contributed by atoms with van der Waals surface area (Å²) in [6.45, 7) is 3.80. The highest BCUT2D eigenvalue weighted by Crippen LogP contribution is 2.22. The Morgan fingerprint density at radius 1 is 1.14 bits per heavy atom. The Bertz CT molecular complexity index is 308. The van der Waals surface area contributed by atoms with Crippen LogP contribution < -0.4 is 0 Å². The molecule has 0 aliphatic rings. The van der Waals surface area contributed by atoms with Crippen molar-refractivity contribution in [2.24, 2.45) is 5.92 Å². The lowest BCUT2D eigenvalue weighted by atomic mass is 9.92. The first-order valence-corrected chi connectivity index (χ1v) is 7.06. The van der Waals surface area contributed by atoms with Crippen molar-refractivity contribution in [3.05, 3.63) is 12.7 Å². The molecule has 0 aromatic heterocycles. The van der Waals surface area contributed by atoms with E-state index < -0.39 is 24.3 Å². The van der Waals surface area contributed by atoms with Crippen LogP contribution in [0.4, 0.5) is 0 Å². The molecule has 0 aliphatic heterocycles. The van der Waals surface area contributed by atoms with Gasteiger partial charge in [0.25, 0.3) is 0 Å². The second-order valence-corrected chi connectivity index (χ2v) is 4.69. The van der Waals surface area contributed by atoms with Crippen LogP contribution in [0.3, 0.4) is 0 Å². The Hall–Kier alpha value is -0.990. The second-order valence-electron chi connectivity index (χ2n) is 4.69. The summed E-state index contributed by atoms with van der Waals surface area (Å²) >= 11 is 0. The molecule has 0 radical (unpaired) electrons. The number of carbonyl (C=O) groups excluding carboxylic acids is 1. The van der Waals surface area contributed by atoms with Gasteiger partial charge in [-0.2, -0.15) is 0 Å². The number of rotatable bonds is 13. The molecule has 0 bridgehead atoms. The number of ether oxygens (including phenoxy) is 5. The van der Waals surface area contributed by atoms with Crippen molar-refractivity contribution in [1.29, 1.82) is 0 Å². The van der Waals surface area contributed by atoms with E-state index >= 15 is 0 Å². The number of aliphatic hydroxyl groups excluding tert-OH is 1. The monoisotopic (exact) mass is 320 g/mol. The van der Waals surface area contributed by atoms with Crippen LogP contribution in [-0.2, 0) is 28.5 Å². The van der Waals surface area contributed by atoms with Crippen molar-refractivity contribution < 1.29 is 33.6 Å². The molecule has 1 N–H and O–H groups in total. The van der Waals surface area contributed by atoms with Crippen LogP contribution in [0.5, 0.6) is 0 Å². The number of hydrogen-bond acceptors (Lipinski definition) is 7. The van der Waals surface area contributed by atoms with Gasteiger partial charge in [0, 0.05) is 34.4 Å². The summed E-state index contributed by atoms with van der Waals surface area (Å²) in [6.07, 6.45) is 0.296. The fraction of sp³-hybridized carbons (Fsp3) is 0.800. The lowest BCUT2D eigenvalue weighted by Crippen LogP contribution is -2.50. The molecule has 0 fully saturated rings. The Morgan fingerprint density at radius 2 is 1.77 bits per heavy atom. The Kier molecular flexibility index (Phi) is 12.0. The minimum Gasteiger partial charge on any atom is -0.461 e. The highest BCUT2D eigenvalue weighted by molar-refractivity contribution is 5.75. The molecule has 0 aromatic rings. The maximum Gasteiger partial charge on any atom is 0.338 e. The zero-order valence-electron chi connectivity index (χ0n) is 13.8. The lowest BCUT2D eigenvalue weighted by molar-refractivity contribution is -0.178. The van der Waals surface area contributed by atoms with Crippen LogP contribution >= 0.6 is 0 Å². The van der Waals surface area contributed by atoms with Gasteiger partial charge >= 0.3 is 5.97 Å². The Labute approximate surface area is 132 Å². The topological polar surface area (TPSA) is 83.5 Å². The second kappa shape index (κ2) is 12.5. The number of hydrogen-bond donors (Lipinski definition) is 1. The molecule has 0 saturated carbocycles. The van der Waals surface area contributed by atoms with Gasteiger partial charge in [-0.05, 0) is 6.42 Å². The fourth-order valence-corrected chi connectivity index (χ4v) is 2.34. The number of allylic oxidation sites excluding steroid dienone is 1. The van der Waals surface area contributed by atoms with Crippen molar-refractivity contribution in [2.45, 2.75) is 24.7 Å². The van der Waals surface area contributed by atoms with Gasteiger partial charge in [-0.25, -0.2) is 4.79 Å². The van der Waals surface area contributed by atoms with Gasteiger partial charge in [-0.1, -0.05) is 6.08 Å². The molecule has 0 heterocycles. The van der Waals surface area contributed by atoms with E-state index in [-0.39, 0.29) is 19.1 Å². The van der Waals surface area contributed by atoms with Crippen molar-refractivity contribution in [3.8, 4) is 0 Å². The van der Waals surface area contributed by atoms with Crippen LogP contribution in [0.15, 0.2) is 12.7 Å². The maximum absolute atomic E-state index is 12.0. The average molecular weight is 320 g/mol. The van der Waals surface area contributed by atoms with Gasteiger partial charge in [0.05, 0.1) is 19.3 Å². The van der Waals surface area contributed by atoms with Crippen LogP contribution in [0, 0.1) is 5.92 Å². The summed E-state index contributed by atoms with van der Waals surface area (Å²) in [5.41, 5.74) is 0. The van der Waals surface area contributed by atoms with Crippen molar-refractivity contribution in [2.75, 3.05) is 48.3 Å². The Morgan fingerprint density at radius 3 is 2.18 bits per heavy atom. The summed E-state index contributed by atoms with van der Waals surface area (Å²) in [4.78, 5) is 12.0. The van der Waals surface area contributed by atoms with Gasteiger partial charge in [-0.3, -0.25) is 0 Å². The summed E-state index contributed by atoms with van der Waals surface area (Å²) in [5, 5.41) is 8.75. The first kappa shape index (κ1) is 21.0. The Balaban J connectivity index is 5.17. The maximum atomic E-state index is 12.0. The van der Waals surface area contributed by atoms with E-state index in [1.807, 2.05) is 0 Å². The van der Waals surface area contributed by atoms with E-state index in [1.165, 1.54) is 21.3 Å². The lowest BCUT2D eigenvalue weighted by Gasteiger charge is -2.34. The smallest absolute Gasteiger partial charge is 0.338 e. The summed E-state index contributed by atoms with van der Waals surface area (Å²) in [5.74, 6) is -0.666. The van der Waals surface area contributed by atoms with E-state index in [0.29, 0.717) is 13.0 Å². The van der Waals surface area contributed by atoms with Crippen molar-refractivity contribution >= 4 is 5.97 Å². The zero-order chi connectivity index (χ0) is 17.0. The van der Waals surface area contributed by atoms with Gasteiger partial charge in [0.1, 0.15) is 12.7 Å². The predicted octanol–water partition coefficient (Wildman–Crippen LogP) is 0.406. The standard InChI is InChI=1S/C15H28O7/c1-6-7-11(10-18-2)12(19-3)13(20-4)14(21-5)15(17)22-9-8-16/h6,11-14,16H,1,7-10H2,2-5H3/t11?,12-,13+,14-/m1/s1. The van der Waals surface area contributed by atoms with Crippen LogP contribution in [0.2, 0.25) is 0 Å². The van der Waals surface area contributed by atoms with Crippen molar-refractivity contribution in [3.63, 3.8) is 0 Å². The number of esters is 1.